The fourth-order valence-corrected chi connectivity index (χ4v) is 2.68. The molecule has 0 radical (unpaired) electrons. The molecule has 154 valence electrons. The van der Waals surface area contributed by atoms with Crippen LogP contribution in [-0.2, 0) is 4.74 Å². The normalized spacial score (nSPS) is 10.2. The lowest BCUT2D eigenvalue weighted by atomic mass is 10.2. The van der Waals surface area contributed by atoms with Crippen LogP contribution in [0.4, 0.5) is 0 Å². The summed E-state index contributed by atoms with van der Waals surface area (Å²) in [5, 5.41) is 0. The topological polar surface area (TPSA) is 71.1 Å². The minimum atomic E-state index is -0.619. The van der Waals surface area contributed by atoms with Crippen LogP contribution in [0.2, 0.25) is 0 Å². The molecule has 3 aromatic carbocycles. The van der Waals surface area contributed by atoms with Gasteiger partial charge in [-0.15, -0.1) is 0 Å². The first-order valence-corrected chi connectivity index (χ1v) is 9.57. The highest BCUT2D eigenvalue weighted by Gasteiger charge is 2.19. The van der Waals surface area contributed by atoms with Gasteiger partial charge in [0, 0.05) is 0 Å². The fraction of sp³-hybridized carbons (Fsp3) is 0.167. The number of esters is 2. The quantitative estimate of drug-likeness (QED) is 0.295. The molecule has 0 bridgehead atoms. The molecule has 0 saturated carbocycles. The van der Waals surface area contributed by atoms with Gasteiger partial charge in [0.1, 0.15) is 41.6 Å². The van der Waals surface area contributed by atoms with Crippen molar-refractivity contribution in [2.24, 2.45) is 0 Å². The maximum atomic E-state index is 12.6. The third kappa shape index (κ3) is 5.61. The van der Waals surface area contributed by atoms with Gasteiger partial charge < -0.3 is 18.9 Å². The minimum Gasteiger partial charge on any atom is -0.493 e. The Labute approximate surface area is 175 Å². The molecule has 0 heterocycles. The van der Waals surface area contributed by atoms with Crippen molar-refractivity contribution < 1.29 is 28.5 Å². The second kappa shape index (κ2) is 10.7. The van der Waals surface area contributed by atoms with Crippen molar-refractivity contribution in [3.8, 4) is 17.2 Å². The summed E-state index contributed by atoms with van der Waals surface area (Å²) in [6.07, 6.45) is 0. The SMILES string of the molecule is CCOc1ccccc1C(=O)Oc1ccccc1C(=O)OCCOc1ccccc1. The fourth-order valence-electron chi connectivity index (χ4n) is 2.68. The Morgan fingerprint density at radius 1 is 0.667 bits per heavy atom. The number of benzene rings is 3. The van der Waals surface area contributed by atoms with Gasteiger partial charge in [-0.25, -0.2) is 9.59 Å². The Bertz CT molecular complexity index is 984. The Morgan fingerprint density at radius 3 is 1.97 bits per heavy atom. The molecule has 0 N–H and O–H groups in total. The highest BCUT2D eigenvalue weighted by atomic mass is 16.6. The summed E-state index contributed by atoms with van der Waals surface area (Å²) in [6.45, 7) is 2.51. The molecular formula is C24H22O6. The molecule has 0 amide bonds. The molecule has 30 heavy (non-hydrogen) atoms. The highest BCUT2D eigenvalue weighted by Crippen LogP contribution is 2.24. The number of hydrogen-bond donors (Lipinski definition) is 0. The lowest BCUT2D eigenvalue weighted by molar-refractivity contribution is 0.0445. The Kier molecular flexibility index (Phi) is 7.44. The van der Waals surface area contributed by atoms with Crippen LogP contribution in [-0.4, -0.2) is 31.8 Å². The van der Waals surface area contributed by atoms with E-state index in [9.17, 15) is 9.59 Å². The van der Waals surface area contributed by atoms with Gasteiger partial charge >= 0.3 is 11.9 Å². The van der Waals surface area contributed by atoms with Crippen molar-refractivity contribution in [3.05, 3.63) is 90.0 Å². The molecule has 0 aliphatic rings. The molecule has 0 atom stereocenters. The molecule has 0 saturated heterocycles. The lowest BCUT2D eigenvalue weighted by Gasteiger charge is -2.12. The van der Waals surface area contributed by atoms with E-state index in [0.29, 0.717) is 18.1 Å². The first-order valence-electron chi connectivity index (χ1n) is 9.57. The van der Waals surface area contributed by atoms with Gasteiger partial charge in [0.25, 0.3) is 0 Å². The predicted molar refractivity (Wildman–Crippen MR) is 111 cm³/mol. The van der Waals surface area contributed by atoms with Crippen molar-refractivity contribution in [3.63, 3.8) is 0 Å². The van der Waals surface area contributed by atoms with Crippen LogP contribution >= 0.6 is 0 Å². The minimum absolute atomic E-state index is 0.0587. The number of carbonyl (C=O) groups excluding carboxylic acids is 2. The van der Waals surface area contributed by atoms with Gasteiger partial charge in [-0.1, -0.05) is 42.5 Å². The standard InChI is InChI=1S/C24H22O6/c1-2-27-21-14-8-6-12-19(21)24(26)30-22-15-9-7-13-20(22)23(25)29-17-16-28-18-10-4-3-5-11-18/h3-15H,2,16-17H2,1H3. The van der Waals surface area contributed by atoms with Crippen molar-refractivity contribution in [2.45, 2.75) is 6.92 Å². The summed E-state index contributed by atoms with van der Waals surface area (Å²) in [5.41, 5.74) is 0.429. The van der Waals surface area contributed by atoms with Gasteiger partial charge in [0.15, 0.2) is 0 Å². The van der Waals surface area contributed by atoms with E-state index >= 15 is 0 Å². The molecule has 0 aromatic heterocycles. The maximum Gasteiger partial charge on any atom is 0.347 e. The third-order valence-corrected chi connectivity index (χ3v) is 4.04. The first-order chi connectivity index (χ1) is 14.7. The van der Waals surface area contributed by atoms with Crippen molar-refractivity contribution in [2.75, 3.05) is 19.8 Å². The largest absolute Gasteiger partial charge is 0.493 e. The van der Waals surface area contributed by atoms with E-state index in [4.69, 9.17) is 18.9 Å². The van der Waals surface area contributed by atoms with E-state index in [1.807, 2.05) is 37.3 Å². The molecule has 0 aliphatic carbocycles. The van der Waals surface area contributed by atoms with Crippen molar-refractivity contribution in [1.82, 2.24) is 0 Å². The summed E-state index contributed by atoms with van der Waals surface area (Å²) >= 11 is 0. The summed E-state index contributed by atoms with van der Waals surface area (Å²) in [7, 11) is 0. The molecule has 0 unspecified atom stereocenters. The summed E-state index contributed by atoms with van der Waals surface area (Å²) in [4.78, 5) is 25.1. The van der Waals surface area contributed by atoms with Crippen molar-refractivity contribution in [1.29, 1.82) is 0 Å². The number of hydrogen-bond acceptors (Lipinski definition) is 6. The molecule has 0 aliphatic heterocycles. The zero-order valence-corrected chi connectivity index (χ0v) is 16.6. The lowest BCUT2D eigenvalue weighted by Crippen LogP contribution is -2.16. The van der Waals surface area contributed by atoms with Crippen LogP contribution < -0.4 is 14.2 Å². The van der Waals surface area contributed by atoms with Crippen LogP contribution in [0.15, 0.2) is 78.9 Å². The molecule has 3 aromatic rings. The molecule has 3 rings (SSSR count). The van der Waals surface area contributed by atoms with Crippen LogP contribution in [0.5, 0.6) is 17.2 Å². The summed E-state index contributed by atoms with van der Waals surface area (Å²) in [5.74, 6) is 0.00149. The van der Waals surface area contributed by atoms with Crippen LogP contribution in [0.3, 0.4) is 0 Å². The van der Waals surface area contributed by atoms with E-state index in [2.05, 4.69) is 0 Å². The summed E-state index contributed by atoms with van der Waals surface area (Å²) in [6, 6.07) is 22.4. The number of para-hydroxylation sites is 3. The van der Waals surface area contributed by atoms with Crippen LogP contribution in [0.25, 0.3) is 0 Å². The molecule has 0 fully saturated rings. The second-order valence-corrected chi connectivity index (χ2v) is 6.11. The first kappa shape index (κ1) is 20.9. The van der Waals surface area contributed by atoms with Crippen molar-refractivity contribution >= 4 is 11.9 Å². The smallest absolute Gasteiger partial charge is 0.347 e. The van der Waals surface area contributed by atoms with E-state index < -0.39 is 11.9 Å². The van der Waals surface area contributed by atoms with E-state index in [0.717, 1.165) is 0 Å². The number of rotatable bonds is 9. The Morgan fingerprint density at radius 2 is 1.27 bits per heavy atom. The van der Waals surface area contributed by atoms with E-state index in [1.54, 1.807) is 36.4 Å². The van der Waals surface area contributed by atoms with Gasteiger partial charge in [-0.3, -0.25) is 0 Å². The third-order valence-electron chi connectivity index (χ3n) is 4.04. The monoisotopic (exact) mass is 406 g/mol. The second-order valence-electron chi connectivity index (χ2n) is 6.11. The molecular weight excluding hydrogens is 384 g/mol. The zero-order chi connectivity index (χ0) is 21.2. The van der Waals surface area contributed by atoms with Gasteiger partial charge in [-0.05, 0) is 43.3 Å². The average molecular weight is 406 g/mol. The van der Waals surface area contributed by atoms with E-state index in [1.165, 1.54) is 12.1 Å². The zero-order valence-electron chi connectivity index (χ0n) is 16.6. The van der Waals surface area contributed by atoms with Crippen LogP contribution in [0, 0.1) is 0 Å². The Balaban J connectivity index is 1.62. The van der Waals surface area contributed by atoms with Gasteiger partial charge in [0.05, 0.1) is 6.61 Å². The molecule has 6 nitrogen and oxygen atoms in total. The van der Waals surface area contributed by atoms with Gasteiger partial charge in [0.2, 0.25) is 0 Å². The molecule has 6 heteroatoms. The number of ether oxygens (including phenoxy) is 4. The predicted octanol–water partition coefficient (Wildman–Crippen LogP) is 4.54. The van der Waals surface area contributed by atoms with Crippen LogP contribution in [0.1, 0.15) is 27.6 Å². The summed E-state index contributed by atoms with van der Waals surface area (Å²) < 4.78 is 21.7. The number of carbonyl (C=O) groups is 2. The Hall–Kier alpha value is -3.80. The molecule has 0 spiro atoms. The maximum absolute atomic E-state index is 12.6. The van der Waals surface area contributed by atoms with Gasteiger partial charge in [-0.2, -0.15) is 0 Å². The average Bonchev–Trinajstić information content (AvgIpc) is 2.78. The van der Waals surface area contributed by atoms with E-state index in [-0.39, 0.29) is 30.1 Å². The highest BCUT2D eigenvalue weighted by molar-refractivity contribution is 5.97.